The molecule has 0 radical (unpaired) electrons. The lowest BCUT2D eigenvalue weighted by Gasteiger charge is -2.16. The second-order valence-corrected chi connectivity index (χ2v) is 5.00. The molecule has 0 aliphatic carbocycles. The third-order valence-corrected chi connectivity index (χ3v) is 3.61. The topological polar surface area (TPSA) is 12.0 Å². The number of benzene rings is 1. The number of halogens is 2. The van der Waals surface area contributed by atoms with Crippen molar-refractivity contribution < 1.29 is 4.39 Å². The van der Waals surface area contributed by atoms with Crippen molar-refractivity contribution in [2.24, 2.45) is 5.92 Å². The van der Waals surface area contributed by atoms with Crippen LogP contribution >= 0.6 is 15.9 Å². The summed E-state index contributed by atoms with van der Waals surface area (Å²) in [7, 11) is 0. The van der Waals surface area contributed by atoms with Crippen LogP contribution in [0.3, 0.4) is 0 Å². The Morgan fingerprint density at radius 3 is 2.50 bits per heavy atom. The molecule has 0 aliphatic rings. The van der Waals surface area contributed by atoms with Crippen molar-refractivity contribution in [3.63, 3.8) is 0 Å². The molecule has 0 saturated carbocycles. The fourth-order valence-electron chi connectivity index (χ4n) is 1.67. The van der Waals surface area contributed by atoms with Crippen molar-refractivity contribution in [2.75, 3.05) is 11.9 Å². The summed E-state index contributed by atoms with van der Waals surface area (Å²) in [5.41, 5.74) is 1.96. The Hall–Kier alpha value is -0.570. The van der Waals surface area contributed by atoms with Crippen LogP contribution in [0.4, 0.5) is 10.1 Å². The van der Waals surface area contributed by atoms with E-state index in [9.17, 15) is 4.39 Å². The Morgan fingerprint density at radius 1 is 1.31 bits per heavy atom. The number of anilines is 1. The Labute approximate surface area is 106 Å². The molecule has 0 aromatic heterocycles. The minimum absolute atomic E-state index is 0.211. The van der Waals surface area contributed by atoms with Crippen molar-refractivity contribution in [1.29, 1.82) is 0 Å². The van der Waals surface area contributed by atoms with E-state index in [0.717, 1.165) is 30.6 Å². The van der Waals surface area contributed by atoms with Crippen LogP contribution in [0.1, 0.15) is 32.3 Å². The standard InChI is InChI=1S/C13H19BrFN/c1-4-10(5-2)8-16-13-7-12(15)11(14)6-9(13)3/h6-7,10,16H,4-5,8H2,1-3H3. The summed E-state index contributed by atoms with van der Waals surface area (Å²) in [6, 6.07) is 3.37. The van der Waals surface area contributed by atoms with Gasteiger partial charge in [-0.25, -0.2) is 4.39 Å². The van der Waals surface area contributed by atoms with E-state index in [0.29, 0.717) is 10.4 Å². The minimum Gasteiger partial charge on any atom is -0.384 e. The molecule has 1 rings (SSSR count). The third-order valence-electron chi connectivity index (χ3n) is 3.00. The highest BCUT2D eigenvalue weighted by Crippen LogP contribution is 2.24. The van der Waals surface area contributed by atoms with Crippen molar-refractivity contribution in [3.05, 3.63) is 28.0 Å². The lowest BCUT2D eigenvalue weighted by atomic mass is 10.0. The zero-order valence-electron chi connectivity index (χ0n) is 10.1. The minimum atomic E-state index is -0.211. The molecular weight excluding hydrogens is 269 g/mol. The molecule has 0 heterocycles. The fourth-order valence-corrected chi connectivity index (χ4v) is 2.13. The van der Waals surface area contributed by atoms with E-state index >= 15 is 0 Å². The van der Waals surface area contributed by atoms with Crippen LogP contribution < -0.4 is 5.32 Å². The first-order valence-corrected chi connectivity index (χ1v) is 6.57. The molecule has 1 N–H and O–H groups in total. The largest absolute Gasteiger partial charge is 0.384 e. The smallest absolute Gasteiger partial charge is 0.139 e. The first-order chi connectivity index (χ1) is 7.58. The van der Waals surface area contributed by atoms with E-state index < -0.39 is 0 Å². The molecule has 0 aliphatic heterocycles. The van der Waals surface area contributed by atoms with Crippen LogP contribution in [0, 0.1) is 18.7 Å². The number of rotatable bonds is 5. The maximum atomic E-state index is 13.4. The first kappa shape index (κ1) is 13.5. The molecule has 0 unspecified atom stereocenters. The zero-order valence-corrected chi connectivity index (χ0v) is 11.7. The molecular formula is C13H19BrFN. The molecule has 0 amide bonds. The van der Waals surface area contributed by atoms with Crippen molar-refractivity contribution >= 4 is 21.6 Å². The van der Waals surface area contributed by atoms with E-state index in [1.165, 1.54) is 0 Å². The molecule has 0 atom stereocenters. The van der Waals surface area contributed by atoms with Crippen LogP contribution in [-0.2, 0) is 0 Å². The Balaban J connectivity index is 2.70. The highest BCUT2D eigenvalue weighted by Gasteiger charge is 2.07. The van der Waals surface area contributed by atoms with E-state index in [4.69, 9.17) is 0 Å². The van der Waals surface area contributed by atoms with Crippen LogP contribution in [0.25, 0.3) is 0 Å². The van der Waals surface area contributed by atoms with Gasteiger partial charge in [0.1, 0.15) is 5.82 Å². The van der Waals surface area contributed by atoms with E-state index in [2.05, 4.69) is 35.1 Å². The molecule has 1 aromatic carbocycles. The normalized spacial score (nSPS) is 10.9. The Bertz CT molecular complexity index is 348. The summed E-state index contributed by atoms with van der Waals surface area (Å²) >= 11 is 3.18. The summed E-state index contributed by atoms with van der Waals surface area (Å²) in [5.74, 6) is 0.448. The molecule has 90 valence electrons. The van der Waals surface area contributed by atoms with Crippen molar-refractivity contribution in [2.45, 2.75) is 33.6 Å². The predicted octanol–water partition coefficient (Wildman–Crippen LogP) is 4.74. The quantitative estimate of drug-likeness (QED) is 0.824. The van der Waals surface area contributed by atoms with Gasteiger partial charge in [0, 0.05) is 12.2 Å². The van der Waals surface area contributed by atoms with Crippen LogP contribution in [-0.4, -0.2) is 6.54 Å². The molecule has 1 nitrogen and oxygen atoms in total. The summed E-state index contributed by atoms with van der Waals surface area (Å²) < 4.78 is 13.9. The maximum absolute atomic E-state index is 13.4. The van der Waals surface area contributed by atoms with Gasteiger partial charge in [-0.3, -0.25) is 0 Å². The van der Waals surface area contributed by atoms with Gasteiger partial charge in [0.05, 0.1) is 4.47 Å². The molecule has 3 heteroatoms. The first-order valence-electron chi connectivity index (χ1n) is 5.78. The van der Waals surface area contributed by atoms with Crippen LogP contribution in [0.2, 0.25) is 0 Å². The van der Waals surface area contributed by atoms with E-state index in [1.807, 2.05) is 13.0 Å². The van der Waals surface area contributed by atoms with Crippen LogP contribution in [0.15, 0.2) is 16.6 Å². The number of nitrogens with one attached hydrogen (secondary N) is 1. The molecule has 1 aromatic rings. The molecule has 16 heavy (non-hydrogen) atoms. The Kier molecular flexibility index (Phi) is 5.26. The summed E-state index contributed by atoms with van der Waals surface area (Å²) in [4.78, 5) is 0. The summed E-state index contributed by atoms with van der Waals surface area (Å²) in [5, 5.41) is 3.32. The maximum Gasteiger partial charge on any atom is 0.139 e. The average Bonchev–Trinajstić information content (AvgIpc) is 2.26. The van der Waals surface area contributed by atoms with Gasteiger partial charge in [0.15, 0.2) is 0 Å². The predicted molar refractivity (Wildman–Crippen MR) is 71.4 cm³/mol. The monoisotopic (exact) mass is 287 g/mol. The highest BCUT2D eigenvalue weighted by atomic mass is 79.9. The van der Waals surface area contributed by atoms with Gasteiger partial charge < -0.3 is 5.32 Å². The van der Waals surface area contributed by atoms with Gasteiger partial charge in [0.2, 0.25) is 0 Å². The zero-order chi connectivity index (χ0) is 12.1. The van der Waals surface area contributed by atoms with Crippen molar-refractivity contribution in [3.8, 4) is 0 Å². The molecule has 0 saturated heterocycles. The number of hydrogen-bond acceptors (Lipinski definition) is 1. The van der Waals surface area contributed by atoms with Gasteiger partial charge in [0.25, 0.3) is 0 Å². The van der Waals surface area contributed by atoms with Gasteiger partial charge in [-0.05, 0) is 46.5 Å². The number of aryl methyl sites for hydroxylation is 1. The highest BCUT2D eigenvalue weighted by molar-refractivity contribution is 9.10. The van der Waals surface area contributed by atoms with Crippen LogP contribution in [0.5, 0.6) is 0 Å². The lowest BCUT2D eigenvalue weighted by Crippen LogP contribution is -2.13. The van der Waals surface area contributed by atoms with E-state index in [-0.39, 0.29) is 5.82 Å². The summed E-state index contributed by atoms with van der Waals surface area (Å²) in [6.45, 7) is 7.27. The second kappa shape index (κ2) is 6.24. The van der Waals surface area contributed by atoms with Gasteiger partial charge in [-0.2, -0.15) is 0 Å². The van der Waals surface area contributed by atoms with E-state index in [1.54, 1.807) is 6.07 Å². The second-order valence-electron chi connectivity index (χ2n) is 4.14. The van der Waals surface area contributed by atoms with Gasteiger partial charge in [-0.1, -0.05) is 26.7 Å². The number of hydrogen-bond donors (Lipinski definition) is 1. The molecule has 0 fully saturated rings. The fraction of sp³-hybridized carbons (Fsp3) is 0.538. The molecule has 0 spiro atoms. The van der Waals surface area contributed by atoms with Gasteiger partial charge >= 0.3 is 0 Å². The van der Waals surface area contributed by atoms with Crippen molar-refractivity contribution in [1.82, 2.24) is 0 Å². The SMILES string of the molecule is CCC(CC)CNc1cc(F)c(Br)cc1C. The third kappa shape index (κ3) is 3.48. The average molecular weight is 288 g/mol. The molecule has 0 bridgehead atoms. The Morgan fingerprint density at radius 2 is 1.94 bits per heavy atom. The van der Waals surface area contributed by atoms with Gasteiger partial charge in [-0.15, -0.1) is 0 Å². The lowest BCUT2D eigenvalue weighted by molar-refractivity contribution is 0.518. The summed E-state index contributed by atoms with van der Waals surface area (Å²) in [6.07, 6.45) is 2.31.